The first-order chi connectivity index (χ1) is 15.6. The van der Waals surface area contributed by atoms with Gasteiger partial charge in [-0.05, 0) is 59.1 Å². The van der Waals surface area contributed by atoms with Gasteiger partial charge in [0.2, 0.25) is 11.0 Å². The van der Waals surface area contributed by atoms with Gasteiger partial charge in [0.05, 0.1) is 24.0 Å². The van der Waals surface area contributed by atoms with Crippen LogP contribution in [0.2, 0.25) is 0 Å². The van der Waals surface area contributed by atoms with Gasteiger partial charge in [0, 0.05) is 23.7 Å². The van der Waals surface area contributed by atoms with Gasteiger partial charge < -0.3 is 9.47 Å². The lowest BCUT2D eigenvalue weighted by molar-refractivity contribution is -0.153. The highest BCUT2D eigenvalue weighted by molar-refractivity contribution is 6.64. The van der Waals surface area contributed by atoms with Crippen LogP contribution < -0.4 is 0 Å². The third kappa shape index (κ3) is 18.7. The van der Waals surface area contributed by atoms with E-state index in [2.05, 4.69) is 17.8 Å². The van der Waals surface area contributed by atoms with Gasteiger partial charge in [-0.2, -0.15) is 0 Å². The van der Waals surface area contributed by atoms with E-state index in [-0.39, 0.29) is 28.4 Å². The Morgan fingerprint density at radius 2 is 1.06 bits per heavy atom. The fourth-order valence-corrected chi connectivity index (χ4v) is 1.59. The SMILES string of the molecule is C#CCC(C)(C)C(=O)OCC.CC(C)(C)C(=O)Cl.CCOC(=O)C(C)(C)CC#CC(=O)C(C)(C)C. The van der Waals surface area contributed by atoms with Crippen LogP contribution >= 0.6 is 11.6 Å². The third-order valence-corrected chi connectivity index (χ3v) is 4.77. The van der Waals surface area contributed by atoms with Gasteiger partial charge >= 0.3 is 11.9 Å². The maximum Gasteiger partial charge on any atom is 0.312 e. The zero-order valence-corrected chi connectivity index (χ0v) is 24.5. The molecule has 0 radical (unpaired) electrons. The van der Waals surface area contributed by atoms with Crippen LogP contribution in [0.4, 0.5) is 0 Å². The molecule has 0 aromatic heterocycles. The predicted octanol–water partition coefficient (Wildman–Crippen LogP) is 5.98. The molecule has 0 amide bonds. The Morgan fingerprint density at radius 3 is 1.31 bits per heavy atom. The summed E-state index contributed by atoms with van der Waals surface area (Å²) in [4.78, 5) is 44.5. The fourth-order valence-electron chi connectivity index (χ4n) is 1.59. The van der Waals surface area contributed by atoms with Gasteiger partial charge in [-0.25, -0.2) is 0 Å². The van der Waals surface area contributed by atoms with E-state index in [0.717, 1.165) is 0 Å². The van der Waals surface area contributed by atoms with Gasteiger partial charge in [0.15, 0.2) is 0 Å². The van der Waals surface area contributed by atoms with Gasteiger partial charge in [0.25, 0.3) is 0 Å². The summed E-state index contributed by atoms with van der Waals surface area (Å²) < 4.78 is 9.76. The summed E-state index contributed by atoms with van der Waals surface area (Å²) in [5, 5.41) is -0.285. The number of ketones is 1. The largest absolute Gasteiger partial charge is 0.466 e. The Kier molecular flexibility index (Phi) is 17.4. The molecule has 0 aliphatic carbocycles. The molecule has 0 bridgehead atoms. The fraction of sp³-hybridized carbons (Fsp3) is 0.714. The van der Waals surface area contributed by atoms with Crippen molar-refractivity contribution in [2.45, 2.75) is 95.9 Å². The summed E-state index contributed by atoms with van der Waals surface area (Å²) in [5.74, 6) is 7.18. The second kappa shape index (κ2) is 16.4. The summed E-state index contributed by atoms with van der Waals surface area (Å²) >= 11 is 5.11. The van der Waals surface area contributed by atoms with E-state index >= 15 is 0 Å². The van der Waals surface area contributed by atoms with Crippen molar-refractivity contribution in [1.82, 2.24) is 0 Å². The average Bonchev–Trinajstić information content (AvgIpc) is 2.67. The van der Waals surface area contributed by atoms with E-state index in [0.29, 0.717) is 26.1 Å². The van der Waals surface area contributed by atoms with E-state index < -0.39 is 16.2 Å². The number of carbonyl (C=O) groups is 4. The lowest BCUT2D eigenvalue weighted by Gasteiger charge is -2.19. The third-order valence-electron chi connectivity index (χ3n) is 4.20. The van der Waals surface area contributed by atoms with Crippen LogP contribution in [-0.2, 0) is 28.7 Å². The van der Waals surface area contributed by atoms with Crippen molar-refractivity contribution < 1.29 is 28.7 Å². The Morgan fingerprint density at radius 1 is 0.714 bits per heavy atom. The number of Topliss-reactive ketones (excluding diaryl/α,β-unsaturated/α-hetero) is 1. The second-order valence-electron chi connectivity index (χ2n) is 11.2. The van der Waals surface area contributed by atoms with Crippen molar-refractivity contribution in [3.63, 3.8) is 0 Å². The zero-order chi connectivity index (χ0) is 28.7. The molecule has 0 heterocycles. The van der Waals surface area contributed by atoms with E-state index in [4.69, 9.17) is 27.5 Å². The predicted molar refractivity (Wildman–Crippen MR) is 141 cm³/mol. The van der Waals surface area contributed by atoms with Crippen LogP contribution in [0.1, 0.15) is 95.9 Å². The summed E-state index contributed by atoms with van der Waals surface area (Å²) in [5.41, 5.74) is -2.03. The number of hydrogen-bond donors (Lipinski definition) is 0. The minimum atomic E-state index is -0.666. The van der Waals surface area contributed by atoms with Crippen molar-refractivity contribution in [3.8, 4) is 24.2 Å². The number of terminal acetylenes is 1. The molecule has 0 saturated carbocycles. The van der Waals surface area contributed by atoms with Crippen molar-refractivity contribution in [2.75, 3.05) is 13.2 Å². The molecule has 0 aromatic carbocycles. The van der Waals surface area contributed by atoms with Crippen LogP contribution in [0.3, 0.4) is 0 Å². The standard InChI is InChI=1S/C14H22O3.C9H14O2.C5H9ClO/c1-7-17-12(16)14(5,6)10-8-9-11(15)13(2,3)4;1-5-7-9(3,4)8(10)11-6-2;1-5(2,3)4(6)7/h7,10H2,1-6H3;1H,6-7H2,2-4H3;1-3H3. The minimum absolute atomic E-state index is 0.114. The second-order valence-corrected chi connectivity index (χ2v) is 11.5. The van der Waals surface area contributed by atoms with E-state index in [1.807, 2.05) is 20.8 Å². The molecule has 0 rings (SSSR count). The number of halogens is 1. The zero-order valence-electron chi connectivity index (χ0n) is 23.7. The van der Waals surface area contributed by atoms with Crippen LogP contribution in [0, 0.1) is 45.8 Å². The maximum absolute atomic E-state index is 11.6. The van der Waals surface area contributed by atoms with Crippen molar-refractivity contribution >= 4 is 34.6 Å². The van der Waals surface area contributed by atoms with Gasteiger partial charge in [0.1, 0.15) is 0 Å². The topological polar surface area (TPSA) is 86.7 Å². The molecular weight excluding hydrogens is 468 g/mol. The number of carbonyl (C=O) groups excluding carboxylic acids is 4. The number of esters is 2. The van der Waals surface area contributed by atoms with Crippen LogP contribution in [0.15, 0.2) is 0 Å². The van der Waals surface area contributed by atoms with Crippen molar-refractivity contribution in [2.24, 2.45) is 21.7 Å². The van der Waals surface area contributed by atoms with Gasteiger partial charge in [-0.3, -0.25) is 19.2 Å². The summed E-state index contributed by atoms with van der Waals surface area (Å²) in [6.45, 7) is 22.2. The molecule has 0 aliphatic rings. The highest BCUT2D eigenvalue weighted by Gasteiger charge is 2.29. The lowest BCUT2D eigenvalue weighted by Crippen LogP contribution is -2.26. The van der Waals surface area contributed by atoms with Gasteiger partial charge in [-0.15, -0.1) is 12.3 Å². The number of ether oxygens (including phenoxy) is 2. The monoisotopic (exact) mass is 512 g/mol. The Balaban J connectivity index is -0.000000486. The van der Waals surface area contributed by atoms with E-state index in [1.54, 1.807) is 62.3 Å². The summed E-state index contributed by atoms with van der Waals surface area (Å²) in [7, 11) is 0. The van der Waals surface area contributed by atoms with Crippen LogP contribution in [0.25, 0.3) is 0 Å². The van der Waals surface area contributed by atoms with Crippen molar-refractivity contribution in [3.05, 3.63) is 0 Å². The molecule has 7 heteroatoms. The molecule has 0 fully saturated rings. The average molecular weight is 513 g/mol. The number of rotatable bonds is 6. The normalized spacial score (nSPS) is 11.1. The molecular formula is C28H45ClO6. The molecule has 0 atom stereocenters. The van der Waals surface area contributed by atoms with Gasteiger partial charge in [-0.1, -0.05) is 47.5 Å². The molecule has 35 heavy (non-hydrogen) atoms. The highest BCUT2D eigenvalue weighted by atomic mass is 35.5. The Labute approximate surface area is 218 Å². The Bertz CT molecular complexity index is 806. The van der Waals surface area contributed by atoms with Crippen LogP contribution in [-0.4, -0.2) is 36.2 Å². The quantitative estimate of drug-likeness (QED) is 0.188. The Hall–Kier alpha value is -2.31. The molecule has 0 spiro atoms. The molecule has 6 nitrogen and oxygen atoms in total. The smallest absolute Gasteiger partial charge is 0.312 e. The summed E-state index contributed by atoms with van der Waals surface area (Å²) in [6.07, 6.45) is 5.84. The van der Waals surface area contributed by atoms with Crippen molar-refractivity contribution in [1.29, 1.82) is 0 Å². The van der Waals surface area contributed by atoms with E-state index in [9.17, 15) is 19.2 Å². The number of hydrogen-bond acceptors (Lipinski definition) is 6. The first kappa shape index (κ1) is 37.2. The van der Waals surface area contributed by atoms with Crippen LogP contribution in [0.5, 0.6) is 0 Å². The molecule has 0 aromatic rings. The molecule has 0 saturated heterocycles. The first-order valence-corrected chi connectivity index (χ1v) is 12.0. The van der Waals surface area contributed by atoms with E-state index in [1.165, 1.54) is 0 Å². The maximum atomic E-state index is 11.6. The minimum Gasteiger partial charge on any atom is -0.466 e. The summed E-state index contributed by atoms with van der Waals surface area (Å²) in [6, 6.07) is 0. The molecule has 0 unspecified atom stereocenters. The molecule has 0 aliphatic heterocycles. The lowest BCUT2D eigenvalue weighted by atomic mass is 9.88. The molecule has 0 N–H and O–H groups in total. The highest BCUT2D eigenvalue weighted by Crippen LogP contribution is 2.22. The molecule has 200 valence electrons. The first-order valence-electron chi connectivity index (χ1n) is 11.6.